The average molecular weight is 225 g/mol. The number of hydrogen-bond acceptors (Lipinski definition) is 4. The molecule has 0 aliphatic carbocycles. The molecule has 1 unspecified atom stereocenters. The van der Waals surface area contributed by atoms with E-state index < -0.39 is 5.54 Å². The molecule has 0 spiro atoms. The van der Waals surface area contributed by atoms with Gasteiger partial charge in [0.15, 0.2) is 0 Å². The second-order valence-electron chi connectivity index (χ2n) is 4.29. The summed E-state index contributed by atoms with van der Waals surface area (Å²) in [6.45, 7) is 4.44. The van der Waals surface area contributed by atoms with E-state index in [0.717, 1.165) is 18.5 Å². The minimum atomic E-state index is -0.906. The molecule has 0 aliphatic heterocycles. The van der Waals surface area contributed by atoms with Gasteiger partial charge in [-0.25, -0.2) is 0 Å². The van der Waals surface area contributed by atoms with Crippen LogP contribution in [0.25, 0.3) is 0 Å². The second kappa shape index (κ2) is 5.12. The number of nitrogens with two attached hydrogens (primary N) is 1. The number of aromatic nitrogens is 2. The zero-order chi connectivity index (χ0) is 12.2. The standard InChI is InChI=1S/C11H19N3O2/c1-9-7-13-14(8-9)6-4-5-11(2,12)10(15)16-3/h7-8H,4-6,12H2,1-3H3. The molecule has 0 fully saturated rings. The molecule has 2 N–H and O–H groups in total. The fourth-order valence-corrected chi connectivity index (χ4v) is 1.53. The van der Waals surface area contributed by atoms with E-state index in [1.165, 1.54) is 7.11 Å². The topological polar surface area (TPSA) is 70.1 Å². The van der Waals surface area contributed by atoms with E-state index in [4.69, 9.17) is 5.73 Å². The monoisotopic (exact) mass is 225 g/mol. The number of ether oxygens (including phenoxy) is 1. The molecule has 0 amide bonds. The molecule has 1 aromatic rings. The summed E-state index contributed by atoms with van der Waals surface area (Å²) in [6, 6.07) is 0. The smallest absolute Gasteiger partial charge is 0.325 e. The molecule has 0 aliphatic rings. The van der Waals surface area contributed by atoms with Crippen LogP contribution < -0.4 is 5.73 Å². The third-order valence-corrected chi connectivity index (χ3v) is 2.50. The van der Waals surface area contributed by atoms with Gasteiger partial charge in [-0.2, -0.15) is 5.10 Å². The first kappa shape index (κ1) is 12.7. The lowest BCUT2D eigenvalue weighted by atomic mass is 9.97. The molecule has 0 saturated heterocycles. The average Bonchev–Trinajstić information content (AvgIpc) is 2.62. The van der Waals surface area contributed by atoms with Crippen molar-refractivity contribution in [1.29, 1.82) is 0 Å². The lowest BCUT2D eigenvalue weighted by molar-refractivity contribution is -0.146. The van der Waals surface area contributed by atoms with Crippen molar-refractivity contribution in [1.82, 2.24) is 9.78 Å². The molecule has 5 heteroatoms. The Kier molecular flexibility index (Phi) is 4.06. The molecule has 5 nitrogen and oxygen atoms in total. The third kappa shape index (κ3) is 3.34. The van der Waals surface area contributed by atoms with Crippen molar-refractivity contribution in [3.8, 4) is 0 Å². The highest BCUT2D eigenvalue weighted by Gasteiger charge is 2.28. The number of carbonyl (C=O) groups excluding carboxylic acids is 1. The van der Waals surface area contributed by atoms with Gasteiger partial charge in [0.2, 0.25) is 0 Å². The van der Waals surface area contributed by atoms with Gasteiger partial charge in [-0.15, -0.1) is 0 Å². The zero-order valence-electron chi connectivity index (χ0n) is 10.1. The fourth-order valence-electron chi connectivity index (χ4n) is 1.53. The molecule has 0 aromatic carbocycles. The molecule has 1 aromatic heterocycles. The normalized spacial score (nSPS) is 14.5. The summed E-state index contributed by atoms with van der Waals surface area (Å²) in [5.41, 5.74) is 6.06. The molecular formula is C11H19N3O2. The van der Waals surface area contributed by atoms with E-state index in [1.807, 2.05) is 24.0 Å². The van der Waals surface area contributed by atoms with Crippen LogP contribution in [0.1, 0.15) is 25.3 Å². The highest BCUT2D eigenvalue weighted by Crippen LogP contribution is 2.11. The van der Waals surface area contributed by atoms with Crippen LogP contribution >= 0.6 is 0 Å². The van der Waals surface area contributed by atoms with Gasteiger partial charge in [-0.1, -0.05) is 0 Å². The van der Waals surface area contributed by atoms with Crippen molar-refractivity contribution < 1.29 is 9.53 Å². The zero-order valence-corrected chi connectivity index (χ0v) is 10.1. The van der Waals surface area contributed by atoms with Crippen LogP contribution in [0.3, 0.4) is 0 Å². The molecule has 16 heavy (non-hydrogen) atoms. The summed E-state index contributed by atoms with van der Waals surface area (Å²) < 4.78 is 6.49. The Morgan fingerprint density at radius 2 is 2.38 bits per heavy atom. The number of esters is 1. The predicted octanol–water partition coefficient (Wildman–Crippen LogP) is 0.862. The maximum absolute atomic E-state index is 11.3. The van der Waals surface area contributed by atoms with Gasteiger partial charge >= 0.3 is 5.97 Å². The highest BCUT2D eigenvalue weighted by atomic mass is 16.5. The van der Waals surface area contributed by atoms with Crippen LogP contribution in [0.15, 0.2) is 12.4 Å². The first-order valence-corrected chi connectivity index (χ1v) is 5.32. The lowest BCUT2D eigenvalue weighted by Crippen LogP contribution is -2.45. The Morgan fingerprint density at radius 3 is 2.88 bits per heavy atom. The molecule has 0 saturated carbocycles. The molecule has 1 atom stereocenters. The summed E-state index contributed by atoms with van der Waals surface area (Å²) in [5.74, 6) is -0.371. The van der Waals surface area contributed by atoms with Crippen molar-refractivity contribution >= 4 is 5.97 Å². The van der Waals surface area contributed by atoms with Crippen molar-refractivity contribution in [2.75, 3.05) is 7.11 Å². The highest BCUT2D eigenvalue weighted by molar-refractivity contribution is 5.79. The molecular weight excluding hydrogens is 206 g/mol. The Labute approximate surface area is 95.6 Å². The first-order valence-electron chi connectivity index (χ1n) is 5.32. The third-order valence-electron chi connectivity index (χ3n) is 2.50. The minimum absolute atomic E-state index is 0.371. The number of nitrogens with zero attached hydrogens (tertiary/aromatic N) is 2. The summed E-state index contributed by atoms with van der Waals surface area (Å²) >= 11 is 0. The summed E-state index contributed by atoms with van der Waals surface area (Å²) in [5, 5.41) is 4.16. The van der Waals surface area contributed by atoms with Crippen LogP contribution in [-0.4, -0.2) is 28.4 Å². The van der Waals surface area contributed by atoms with Gasteiger partial charge < -0.3 is 10.5 Å². The molecule has 1 rings (SSSR count). The quantitative estimate of drug-likeness (QED) is 0.755. The van der Waals surface area contributed by atoms with Crippen molar-refractivity contribution in [3.63, 3.8) is 0 Å². The van der Waals surface area contributed by atoms with Gasteiger partial charge in [-0.05, 0) is 32.3 Å². The largest absolute Gasteiger partial charge is 0.468 e. The maximum Gasteiger partial charge on any atom is 0.325 e. The van der Waals surface area contributed by atoms with Crippen molar-refractivity contribution in [3.05, 3.63) is 18.0 Å². The van der Waals surface area contributed by atoms with Crippen molar-refractivity contribution in [2.24, 2.45) is 5.73 Å². The SMILES string of the molecule is COC(=O)C(C)(N)CCCn1cc(C)cn1. The Bertz CT molecular complexity index is 358. The van der Waals surface area contributed by atoms with Gasteiger partial charge in [0.05, 0.1) is 13.3 Å². The van der Waals surface area contributed by atoms with E-state index in [0.29, 0.717) is 6.42 Å². The van der Waals surface area contributed by atoms with Crippen molar-refractivity contribution in [2.45, 2.75) is 38.8 Å². The number of hydrogen-bond donors (Lipinski definition) is 1. The predicted molar refractivity (Wildman–Crippen MR) is 60.8 cm³/mol. The van der Waals surface area contributed by atoms with Gasteiger partial charge in [-0.3, -0.25) is 9.48 Å². The number of rotatable bonds is 5. The minimum Gasteiger partial charge on any atom is -0.468 e. The fraction of sp³-hybridized carbons (Fsp3) is 0.636. The molecule has 0 bridgehead atoms. The Balaban J connectivity index is 2.38. The second-order valence-corrected chi connectivity index (χ2v) is 4.29. The van der Waals surface area contributed by atoms with E-state index in [9.17, 15) is 4.79 Å². The summed E-state index contributed by atoms with van der Waals surface area (Å²) in [7, 11) is 1.35. The van der Waals surface area contributed by atoms with E-state index in [1.54, 1.807) is 6.92 Å². The van der Waals surface area contributed by atoms with E-state index in [-0.39, 0.29) is 5.97 Å². The van der Waals surface area contributed by atoms with Crippen LogP contribution in [0.4, 0.5) is 0 Å². The van der Waals surface area contributed by atoms with Gasteiger partial charge in [0.25, 0.3) is 0 Å². The van der Waals surface area contributed by atoms with E-state index >= 15 is 0 Å². The van der Waals surface area contributed by atoms with Crippen LogP contribution in [0, 0.1) is 6.92 Å². The molecule has 90 valence electrons. The first-order chi connectivity index (χ1) is 7.45. The van der Waals surface area contributed by atoms with Gasteiger partial charge in [0.1, 0.15) is 5.54 Å². The molecule has 1 heterocycles. The summed E-state index contributed by atoms with van der Waals surface area (Å²) in [4.78, 5) is 11.3. The summed E-state index contributed by atoms with van der Waals surface area (Å²) in [6.07, 6.45) is 5.15. The number of methoxy groups -OCH3 is 1. The lowest BCUT2D eigenvalue weighted by Gasteiger charge is -2.20. The Hall–Kier alpha value is -1.36. The number of aryl methyl sites for hydroxylation is 2. The van der Waals surface area contributed by atoms with E-state index in [2.05, 4.69) is 9.84 Å². The molecule has 0 radical (unpaired) electrons. The van der Waals surface area contributed by atoms with Gasteiger partial charge in [0, 0.05) is 12.7 Å². The van der Waals surface area contributed by atoms with Crippen LogP contribution in [-0.2, 0) is 16.1 Å². The Morgan fingerprint density at radius 1 is 1.69 bits per heavy atom. The van der Waals surface area contributed by atoms with Crippen LogP contribution in [0.2, 0.25) is 0 Å². The maximum atomic E-state index is 11.3. The van der Waals surface area contributed by atoms with Crippen LogP contribution in [0.5, 0.6) is 0 Å². The number of carbonyl (C=O) groups is 1.